The molecule has 0 saturated heterocycles. The van der Waals surface area contributed by atoms with Gasteiger partial charge in [-0.1, -0.05) is 41.4 Å². The van der Waals surface area contributed by atoms with Crippen LogP contribution in [0.2, 0.25) is 5.02 Å². The molecule has 0 aliphatic carbocycles. The molecule has 0 N–H and O–H groups in total. The second kappa shape index (κ2) is 10.8. The zero-order chi connectivity index (χ0) is 24.3. The quantitative estimate of drug-likeness (QED) is 0.249. The van der Waals surface area contributed by atoms with E-state index < -0.39 is 5.97 Å². The summed E-state index contributed by atoms with van der Waals surface area (Å²) in [5.41, 5.74) is 0.969. The van der Waals surface area contributed by atoms with Crippen LogP contribution in [-0.2, 0) is 9.53 Å². The number of benzene rings is 2. The van der Waals surface area contributed by atoms with Crippen molar-refractivity contribution >= 4 is 66.5 Å². The van der Waals surface area contributed by atoms with Gasteiger partial charge in [0.2, 0.25) is 0 Å². The van der Waals surface area contributed by atoms with Gasteiger partial charge in [0.15, 0.2) is 12.4 Å². The first-order chi connectivity index (χ1) is 15.6. The minimum Gasteiger partial charge on any atom is -0.479 e. The third kappa shape index (κ3) is 6.22. The van der Waals surface area contributed by atoms with Crippen LogP contribution in [-0.4, -0.2) is 34.6 Å². The highest BCUT2D eigenvalue weighted by atomic mass is 79.9. The molecule has 0 radical (unpaired) electrons. The Bertz CT molecular complexity index is 1270. The summed E-state index contributed by atoms with van der Waals surface area (Å²) < 4.78 is 13.2. The van der Waals surface area contributed by atoms with Crippen molar-refractivity contribution in [2.24, 2.45) is 5.10 Å². The van der Waals surface area contributed by atoms with Gasteiger partial charge >= 0.3 is 5.97 Å². The van der Waals surface area contributed by atoms with Crippen LogP contribution in [0.15, 0.2) is 49.2 Å². The van der Waals surface area contributed by atoms with E-state index in [-0.39, 0.29) is 29.2 Å². The first-order valence-electron chi connectivity index (χ1n) is 10.1. The van der Waals surface area contributed by atoms with Gasteiger partial charge in [-0.25, -0.2) is 9.78 Å². The summed E-state index contributed by atoms with van der Waals surface area (Å²) in [5.74, 6) is 0.334. The lowest BCUT2D eigenvalue weighted by Crippen LogP contribution is -2.23. The molecule has 174 valence electrons. The number of nitrogens with zero attached hydrogens (tertiary/aromatic N) is 3. The molecule has 0 saturated carbocycles. The summed E-state index contributed by atoms with van der Waals surface area (Å²) in [6.07, 6.45) is 1.29. The van der Waals surface area contributed by atoms with Gasteiger partial charge in [-0.05, 0) is 65.7 Å². The number of carbonyl (C=O) groups excluding carboxylic acids is 1. The molecule has 2 aromatic carbocycles. The van der Waals surface area contributed by atoms with Crippen LogP contribution in [0, 0.1) is 0 Å². The molecular weight excluding hydrogens is 578 g/mol. The lowest BCUT2D eigenvalue weighted by molar-refractivity contribution is -0.149. The standard InChI is InChI=1S/C23H22Br2ClN3O4/c1-12(2)22-28-19-6-5-15(24)9-16(19)23(31)29(22)27-10-14-7-17(25)21(18(26)8-14)32-11-20(30)33-13(3)4/h5-10,12-13H,11H2,1-4H3. The topological polar surface area (TPSA) is 82.8 Å². The van der Waals surface area contributed by atoms with Crippen molar-refractivity contribution in [3.05, 3.63) is 66.0 Å². The van der Waals surface area contributed by atoms with E-state index in [1.165, 1.54) is 10.9 Å². The van der Waals surface area contributed by atoms with Crippen molar-refractivity contribution in [2.45, 2.75) is 39.7 Å². The molecular formula is C23H22Br2ClN3O4. The summed E-state index contributed by atoms with van der Waals surface area (Å²) in [5, 5.41) is 5.14. The first-order valence-corrected chi connectivity index (χ1v) is 12.1. The highest BCUT2D eigenvalue weighted by Crippen LogP contribution is 2.34. The molecule has 1 aromatic heterocycles. The smallest absolute Gasteiger partial charge is 0.344 e. The highest BCUT2D eigenvalue weighted by molar-refractivity contribution is 9.10. The summed E-state index contributed by atoms with van der Waals surface area (Å²) >= 11 is 13.2. The number of esters is 1. The van der Waals surface area contributed by atoms with Crippen molar-refractivity contribution < 1.29 is 14.3 Å². The maximum Gasteiger partial charge on any atom is 0.344 e. The molecule has 0 unspecified atom stereocenters. The monoisotopic (exact) mass is 597 g/mol. The van der Waals surface area contributed by atoms with E-state index in [0.717, 1.165) is 4.47 Å². The summed E-state index contributed by atoms with van der Waals surface area (Å²) in [6.45, 7) is 7.14. The summed E-state index contributed by atoms with van der Waals surface area (Å²) in [4.78, 5) is 29.5. The molecule has 33 heavy (non-hydrogen) atoms. The van der Waals surface area contributed by atoms with E-state index in [1.54, 1.807) is 38.1 Å². The van der Waals surface area contributed by atoms with Crippen molar-refractivity contribution in [2.75, 3.05) is 6.61 Å². The number of aromatic nitrogens is 2. The highest BCUT2D eigenvalue weighted by Gasteiger charge is 2.15. The molecule has 0 fully saturated rings. The molecule has 0 spiro atoms. The van der Waals surface area contributed by atoms with Crippen molar-refractivity contribution in [3.8, 4) is 5.75 Å². The molecule has 1 heterocycles. The summed E-state index contributed by atoms with van der Waals surface area (Å²) in [6, 6.07) is 8.73. The second-order valence-electron chi connectivity index (χ2n) is 7.79. The van der Waals surface area contributed by atoms with Gasteiger partial charge in [-0.15, -0.1) is 0 Å². The SMILES string of the molecule is CC(C)OC(=O)COc1c(Cl)cc(C=Nn2c(C(C)C)nc3ccc(Br)cc3c2=O)cc1Br. The van der Waals surface area contributed by atoms with E-state index >= 15 is 0 Å². The number of hydrogen-bond donors (Lipinski definition) is 0. The van der Waals surface area contributed by atoms with Crippen LogP contribution >= 0.6 is 43.5 Å². The van der Waals surface area contributed by atoms with Crippen molar-refractivity contribution in [3.63, 3.8) is 0 Å². The molecule has 0 bridgehead atoms. The Morgan fingerprint density at radius 2 is 1.94 bits per heavy atom. The largest absolute Gasteiger partial charge is 0.479 e. The van der Waals surface area contributed by atoms with Crippen LogP contribution in [0.1, 0.15) is 45.0 Å². The fraction of sp³-hybridized carbons (Fsp3) is 0.304. The predicted octanol–water partition coefficient (Wildman–Crippen LogP) is 5.91. The van der Waals surface area contributed by atoms with Crippen LogP contribution in [0.3, 0.4) is 0 Å². The van der Waals surface area contributed by atoms with Gasteiger partial charge in [-0.3, -0.25) is 4.79 Å². The Morgan fingerprint density at radius 3 is 2.58 bits per heavy atom. The van der Waals surface area contributed by atoms with Crippen molar-refractivity contribution in [1.29, 1.82) is 0 Å². The maximum atomic E-state index is 13.1. The van der Waals surface area contributed by atoms with Crippen molar-refractivity contribution in [1.82, 2.24) is 9.66 Å². The van der Waals surface area contributed by atoms with E-state index in [4.69, 9.17) is 21.1 Å². The zero-order valence-corrected chi connectivity index (χ0v) is 22.4. The van der Waals surface area contributed by atoms with Gasteiger partial charge in [0, 0.05) is 10.4 Å². The van der Waals surface area contributed by atoms with Gasteiger partial charge in [0.25, 0.3) is 5.56 Å². The van der Waals surface area contributed by atoms with E-state index in [1.807, 2.05) is 19.9 Å². The van der Waals surface area contributed by atoms with Crippen LogP contribution in [0.5, 0.6) is 5.75 Å². The second-order valence-corrected chi connectivity index (χ2v) is 9.97. The first kappa shape index (κ1) is 25.4. The minimum absolute atomic E-state index is 0.0282. The summed E-state index contributed by atoms with van der Waals surface area (Å²) in [7, 11) is 0. The molecule has 0 amide bonds. The molecule has 0 atom stereocenters. The molecule has 0 aliphatic heterocycles. The van der Waals surface area contributed by atoms with Gasteiger partial charge in [0.1, 0.15) is 5.82 Å². The third-order valence-electron chi connectivity index (χ3n) is 4.39. The lowest BCUT2D eigenvalue weighted by atomic mass is 10.2. The normalized spacial score (nSPS) is 11.7. The average molecular weight is 600 g/mol. The number of ether oxygens (including phenoxy) is 2. The van der Waals surface area contributed by atoms with E-state index in [9.17, 15) is 9.59 Å². The molecule has 7 nitrogen and oxygen atoms in total. The van der Waals surface area contributed by atoms with E-state index in [2.05, 4.69) is 41.9 Å². The number of fused-ring (bicyclic) bond motifs is 1. The number of halogens is 3. The van der Waals surface area contributed by atoms with E-state index in [0.29, 0.717) is 32.5 Å². The molecule has 3 rings (SSSR count). The Labute approximate surface area is 213 Å². The maximum absolute atomic E-state index is 13.1. The predicted molar refractivity (Wildman–Crippen MR) is 137 cm³/mol. The third-order valence-corrected chi connectivity index (χ3v) is 5.76. The lowest BCUT2D eigenvalue weighted by Gasteiger charge is -2.13. The molecule has 3 aromatic rings. The van der Waals surface area contributed by atoms with Gasteiger partial charge in [-0.2, -0.15) is 9.78 Å². The van der Waals surface area contributed by atoms with Crippen LogP contribution in [0.4, 0.5) is 0 Å². The van der Waals surface area contributed by atoms with Crippen LogP contribution in [0.25, 0.3) is 10.9 Å². The van der Waals surface area contributed by atoms with Crippen LogP contribution < -0.4 is 10.3 Å². The Balaban J connectivity index is 1.93. The fourth-order valence-corrected chi connectivity index (χ4v) is 4.35. The minimum atomic E-state index is -0.491. The van der Waals surface area contributed by atoms with Gasteiger partial charge < -0.3 is 9.47 Å². The number of carbonyl (C=O) groups is 1. The average Bonchev–Trinajstić information content (AvgIpc) is 2.72. The Kier molecular flexibility index (Phi) is 8.31. The number of hydrogen-bond acceptors (Lipinski definition) is 6. The number of rotatable bonds is 7. The fourth-order valence-electron chi connectivity index (χ4n) is 3.00. The molecule has 10 heteroatoms. The van der Waals surface area contributed by atoms with Gasteiger partial charge in [0.05, 0.1) is 32.7 Å². The Morgan fingerprint density at radius 1 is 1.21 bits per heavy atom. The zero-order valence-electron chi connectivity index (χ0n) is 18.4. The Hall–Kier alpha value is -2.23. The molecule has 0 aliphatic rings.